The fraction of sp³-hybridized carbons (Fsp3) is 0.286. The Labute approximate surface area is 111 Å². The van der Waals surface area contributed by atoms with Crippen molar-refractivity contribution in [1.29, 1.82) is 0 Å². The van der Waals surface area contributed by atoms with E-state index in [0.717, 1.165) is 22.2 Å². The van der Waals surface area contributed by atoms with Crippen molar-refractivity contribution in [1.82, 2.24) is 0 Å². The number of ether oxygens (including phenoxy) is 2. The Hall–Kier alpha value is -1.06. The van der Waals surface area contributed by atoms with Crippen LogP contribution in [-0.4, -0.2) is 13.7 Å². The molecule has 0 N–H and O–H groups in total. The second-order valence-electron chi connectivity index (χ2n) is 3.62. The first kappa shape index (κ1) is 14.0. The summed E-state index contributed by atoms with van der Waals surface area (Å²) in [5.41, 5.74) is 1.08. The summed E-state index contributed by atoms with van der Waals surface area (Å²) in [5, 5.41) is 0. The van der Waals surface area contributed by atoms with Crippen LogP contribution in [0.3, 0.4) is 0 Å². The van der Waals surface area contributed by atoms with Gasteiger partial charge in [-0.1, -0.05) is 40.7 Å². The largest absolute Gasteiger partial charge is 0.497 e. The molecule has 0 aliphatic rings. The molecule has 92 valence electrons. The van der Waals surface area contributed by atoms with Gasteiger partial charge >= 0.3 is 0 Å². The van der Waals surface area contributed by atoms with Crippen LogP contribution in [0.5, 0.6) is 5.75 Å². The third-order valence-electron chi connectivity index (χ3n) is 2.29. The highest BCUT2D eigenvalue weighted by atomic mass is 79.9. The molecule has 1 rings (SSSR count). The minimum absolute atomic E-state index is 0.0168. The van der Waals surface area contributed by atoms with E-state index >= 15 is 0 Å². The van der Waals surface area contributed by atoms with Gasteiger partial charge < -0.3 is 9.47 Å². The molecule has 3 heteroatoms. The van der Waals surface area contributed by atoms with Crippen LogP contribution in [-0.2, 0) is 4.74 Å². The zero-order valence-corrected chi connectivity index (χ0v) is 11.6. The number of benzene rings is 1. The molecular weight excluding hydrogens is 280 g/mol. The van der Waals surface area contributed by atoms with Gasteiger partial charge in [-0.25, -0.2) is 0 Å². The lowest BCUT2D eigenvalue weighted by Crippen LogP contribution is -2.05. The Kier molecular flexibility index (Phi) is 6.01. The molecule has 0 aliphatic carbocycles. The predicted octanol–water partition coefficient (Wildman–Crippen LogP) is 4.24. The van der Waals surface area contributed by atoms with Crippen molar-refractivity contribution in [3.8, 4) is 5.75 Å². The van der Waals surface area contributed by atoms with Crippen molar-refractivity contribution >= 4 is 15.9 Å². The minimum Gasteiger partial charge on any atom is -0.497 e. The lowest BCUT2D eigenvalue weighted by Gasteiger charge is -2.17. The summed E-state index contributed by atoms with van der Waals surface area (Å²) in [4.78, 5) is 0. The van der Waals surface area contributed by atoms with E-state index < -0.39 is 0 Å². The number of halogens is 1. The predicted molar refractivity (Wildman–Crippen MR) is 74.6 cm³/mol. The zero-order chi connectivity index (χ0) is 12.7. The highest BCUT2D eigenvalue weighted by Crippen LogP contribution is 2.26. The third kappa shape index (κ3) is 4.75. The second kappa shape index (κ2) is 7.30. The SMILES string of the molecule is C=CCC(OCC(=C)Br)c1cccc(OC)c1. The Bertz CT molecular complexity index is 388. The molecule has 17 heavy (non-hydrogen) atoms. The van der Waals surface area contributed by atoms with E-state index in [-0.39, 0.29) is 6.10 Å². The van der Waals surface area contributed by atoms with Crippen molar-refractivity contribution in [3.05, 3.63) is 53.5 Å². The van der Waals surface area contributed by atoms with Crippen LogP contribution in [0.15, 0.2) is 48.0 Å². The fourth-order valence-electron chi connectivity index (χ4n) is 1.48. The smallest absolute Gasteiger partial charge is 0.119 e. The van der Waals surface area contributed by atoms with Gasteiger partial charge in [-0.2, -0.15) is 0 Å². The van der Waals surface area contributed by atoms with Gasteiger partial charge in [0.2, 0.25) is 0 Å². The van der Waals surface area contributed by atoms with Crippen molar-refractivity contribution in [2.24, 2.45) is 0 Å². The van der Waals surface area contributed by atoms with Gasteiger partial charge in [0.25, 0.3) is 0 Å². The monoisotopic (exact) mass is 296 g/mol. The zero-order valence-electron chi connectivity index (χ0n) is 9.99. The van der Waals surface area contributed by atoms with E-state index in [9.17, 15) is 0 Å². The van der Waals surface area contributed by atoms with Crippen molar-refractivity contribution in [3.63, 3.8) is 0 Å². The van der Waals surface area contributed by atoms with Crippen LogP contribution in [0, 0.1) is 0 Å². The second-order valence-corrected chi connectivity index (χ2v) is 4.74. The maximum absolute atomic E-state index is 5.76. The summed E-state index contributed by atoms with van der Waals surface area (Å²) < 4.78 is 11.8. The van der Waals surface area contributed by atoms with Crippen LogP contribution in [0.1, 0.15) is 18.1 Å². The van der Waals surface area contributed by atoms with E-state index in [0.29, 0.717) is 6.61 Å². The van der Waals surface area contributed by atoms with Gasteiger partial charge in [-0.3, -0.25) is 0 Å². The summed E-state index contributed by atoms with van der Waals surface area (Å²) >= 11 is 3.28. The van der Waals surface area contributed by atoms with E-state index in [4.69, 9.17) is 9.47 Å². The van der Waals surface area contributed by atoms with Crippen LogP contribution in [0.4, 0.5) is 0 Å². The minimum atomic E-state index is -0.0168. The van der Waals surface area contributed by atoms with Gasteiger partial charge in [0.15, 0.2) is 0 Å². The molecule has 1 unspecified atom stereocenters. The summed E-state index contributed by atoms with van der Waals surface area (Å²) in [7, 11) is 1.66. The van der Waals surface area contributed by atoms with Gasteiger partial charge in [-0.05, 0) is 24.1 Å². The summed E-state index contributed by atoms with van der Waals surface area (Å²) in [6, 6.07) is 7.87. The summed E-state index contributed by atoms with van der Waals surface area (Å²) in [5.74, 6) is 0.831. The van der Waals surface area contributed by atoms with E-state index in [2.05, 4.69) is 29.1 Å². The molecule has 1 aromatic rings. The Morgan fingerprint density at radius 1 is 1.53 bits per heavy atom. The standard InChI is InChI=1S/C14H17BrO2/c1-4-6-14(17-10-11(2)15)12-7-5-8-13(9-12)16-3/h4-5,7-9,14H,1-2,6,10H2,3H3. The Morgan fingerprint density at radius 2 is 2.29 bits per heavy atom. The Balaban J connectivity index is 2.80. The molecule has 0 saturated carbocycles. The van der Waals surface area contributed by atoms with Crippen molar-refractivity contribution in [2.75, 3.05) is 13.7 Å². The maximum Gasteiger partial charge on any atom is 0.119 e. The van der Waals surface area contributed by atoms with E-state index in [1.807, 2.05) is 30.3 Å². The highest BCUT2D eigenvalue weighted by molar-refractivity contribution is 9.11. The molecule has 0 saturated heterocycles. The van der Waals surface area contributed by atoms with Crippen LogP contribution >= 0.6 is 15.9 Å². The number of hydrogen-bond donors (Lipinski definition) is 0. The molecule has 0 fully saturated rings. The number of rotatable bonds is 7. The molecule has 0 spiro atoms. The maximum atomic E-state index is 5.76. The van der Waals surface area contributed by atoms with Gasteiger partial charge in [0, 0.05) is 4.48 Å². The first-order valence-electron chi connectivity index (χ1n) is 5.37. The lowest BCUT2D eigenvalue weighted by atomic mass is 10.1. The normalized spacial score (nSPS) is 11.9. The quantitative estimate of drug-likeness (QED) is 0.701. The highest BCUT2D eigenvalue weighted by Gasteiger charge is 2.11. The fourth-order valence-corrected chi connectivity index (χ4v) is 1.62. The first-order valence-corrected chi connectivity index (χ1v) is 6.16. The van der Waals surface area contributed by atoms with Crippen molar-refractivity contribution < 1.29 is 9.47 Å². The van der Waals surface area contributed by atoms with Crippen molar-refractivity contribution in [2.45, 2.75) is 12.5 Å². The molecule has 0 bridgehead atoms. The van der Waals surface area contributed by atoms with Gasteiger partial charge in [-0.15, -0.1) is 6.58 Å². The summed E-state index contributed by atoms with van der Waals surface area (Å²) in [6.07, 6.45) is 2.59. The van der Waals surface area contributed by atoms with E-state index in [1.165, 1.54) is 0 Å². The topological polar surface area (TPSA) is 18.5 Å². The van der Waals surface area contributed by atoms with Crippen LogP contribution < -0.4 is 4.74 Å². The average molecular weight is 297 g/mol. The number of methoxy groups -OCH3 is 1. The van der Waals surface area contributed by atoms with E-state index in [1.54, 1.807) is 7.11 Å². The Morgan fingerprint density at radius 3 is 2.88 bits per heavy atom. The average Bonchev–Trinajstić information content (AvgIpc) is 2.34. The van der Waals surface area contributed by atoms with Crippen LogP contribution in [0.25, 0.3) is 0 Å². The van der Waals surface area contributed by atoms with Gasteiger partial charge in [0.05, 0.1) is 19.8 Å². The molecule has 2 nitrogen and oxygen atoms in total. The molecule has 0 amide bonds. The molecule has 1 aromatic carbocycles. The van der Waals surface area contributed by atoms with Gasteiger partial charge in [0.1, 0.15) is 5.75 Å². The third-order valence-corrected chi connectivity index (χ3v) is 2.52. The summed E-state index contributed by atoms with van der Waals surface area (Å²) in [6.45, 7) is 7.99. The molecule has 1 atom stereocenters. The van der Waals surface area contributed by atoms with Crippen LogP contribution in [0.2, 0.25) is 0 Å². The molecule has 0 heterocycles. The molecular formula is C14H17BrO2. The molecule has 0 aromatic heterocycles. The molecule has 0 radical (unpaired) electrons. The first-order chi connectivity index (χ1) is 8.17. The number of hydrogen-bond acceptors (Lipinski definition) is 2. The lowest BCUT2D eigenvalue weighted by molar-refractivity contribution is 0.0753. The molecule has 0 aliphatic heterocycles.